The van der Waals surface area contributed by atoms with Crippen molar-refractivity contribution in [2.24, 2.45) is 0 Å². The fraction of sp³-hybridized carbons (Fsp3) is 0.0667. The van der Waals surface area contributed by atoms with Crippen molar-refractivity contribution >= 4 is 44.1 Å². The fourth-order valence-corrected chi connectivity index (χ4v) is 2.45. The zero-order valence-corrected chi connectivity index (χ0v) is 12.4. The van der Waals surface area contributed by atoms with Crippen molar-refractivity contribution in [3.05, 3.63) is 63.7 Å². The minimum atomic E-state index is 0.714. The van der Waals surface area contributed by atoms with E-state index in [9.17, 15) is 0 Å². The lowest BCUT2D eigenvalue weighted by molar-refractivity contribution is 1.15. The molecule has 2 nitrogen and oxygen atoms in total. The Balaban J connectivity index is 1.75. The van der Waals surface area contributed by atoms with Gasteiger partial charge >= 0.3 is 0 Å². The van der Waals surface area contributed by atoms with Crippen LogP contribution in [0, 0.1) is 0 Å². The van der Waals surface area contributed by atoms with Gasteiger partial charge in [0.25, 0.3) is 0 Å². The van der Waals surface area contributed by atoms with Gasteiger partial charge < -0.3 is 10.3 Å². The summed E-state index contributed by atoms with van der Waals surface area (Å²) in [6.07, 6.45) is 1.95. The maximum Gasteiger partial charge on any atom is 0.0568 e. The molecule has 1 heterocycles. The van der Waals surface area contributed by atoms with E-state index < -0.39 is 0 Å². The second-order valence-corrected chi connectivity index (χ2v) is 5.64. The Hall–Kier alpha value is -1.45. The van der Waals surface area contributed by atoms with Crippen LogP contribution in [0.5, 0.6) is 0 Å². The Morgan fingerprint density at radius 3 is 2.84 bits per heavy atom. The highest BCUT2D eigenvalue weighted by Gasteiger charge is 2.00. The first-order valence-corrected chi connectivity index (χ1v) is 7.14. The summed E-state index contributed by atoms with van der Waals surface area (Å²) in [5.41, 5.74) is 3.42. The SMILES string of the molecule is Clc1cc(NCc2ccc3[nH]ccc3c2)ccc1Br. The summed E-state index contributed by atoms with van der Waals surface area (Å²) in [5.74, 6) is 0. The molecule has 0 unspecified atom stereocenters. The summed E-state index contributed by atoms with van der Waals surface area (Å²) >= 11 is 9.45. The first-order chi connectivity index (χ1) is 9.22. The van der Waals surface area contributed by atoms with Crippen LogP contribution in [0.4, 0.5) is 5.69 Å². The molecule has 3 rings (SSSR count). The standard InChI is InChI=1S/C15H12BrClN2/c16-13-3-2-12(8-14(13)17)19-9-10-1-4-15-11(7-10)5-6-18-15/h1-8,18-19H,9H2. The highest BCUT2D eigenvalue weighted by atomic mass is 79.9. The maximum absolute atomic E-state index is 6.07. The van der Waals surface area contributed by atoms with Gasteiger partial charge in [0.2, 0.25) is 0 Å². The Bertz CT molecular complexity index is 721. The number of aromatic nitrogens is 1. The van der Waals surface area contributed by atoms with Crippen molar-refractivity contribution in [1.29, 1.82) is 0 Å². The summed E-state index contributed by atoms with van der Waals surface area (Å²) in [6.45, 7) is 0.777. The number of H-pyrrole nitrogens is 1. The second kappa shape index (κ2) is 5.27. The van der Waals surface area contributed by atoms with Crippen molar-refractivity contribution in [3.8, 4) is 0 Å². The second-order valence-electron chi connectivity index (χ2n) is 4.38. The summed E-state index contributed by atoms with van der Waals surface area (Å²) < 4.78 is 0.911. The van der Waals surface area contributed by atoms with Crippen LogP contribution in [-0.4, -0.2) is 4.98 Å². The minimum absolute atomic E-state index is 0.714. The topological polar surface area (TPSA) is 27.8 Å². The van der Waals surface area contributed by atoms with Crippen molar-refractivity contribution < 1.29 is 0 Å². The quantitative estimate of drug-likeness (QED) is 0.677. The van der Waals surface area contributed by atoms with Gasteiger partial charge in [0.15, 0.2) is 0 Å². The number of hydrogen-bond donors (Lipinski definition) is 2. The molecule has 0 bridgehead atoms. The van der Waals surface area contributed by atoms with E-state index in [0.29, 0.717) is 5.02 Å². The van der Waals surface area contributed by atoms with Gasteiger partial charge in [-0.15, -0.1) is 0 Å². The normalized spacial score (nSPS) is 10.8. The van der Waals surface area contributed by atoms with E-state index in [2.05, 4.69) is 50.5 Å². The number of rotatable bonds is 3. The van der Waals surface area contributed by atoms with Gasteiger partial charge in [-0.1, -0.05) is 17.7 Å². The number of benzene rings is 2. The number of halogens is 2. The molecule has 96 valence electrons. The Morgan fingerprint density at radius 2 is 2.00 bits per heavy atom. The van der Waals surface area contributed by atoms with Crippen LogP contribution in [0.15, 0.2) is 53.1 Å². The van der Waals surface area contributed by atoms with Crippen LogP contribution in [-0.2, 0) is 6.54 Å². The summed E-state index contributed by atoms with van der Waals surface area (Å²) in [5, 5.41) is 5.31. The summed E-state index contributed by atoms with van der Waals surface area (Å²) in [6, 6.07) is 14.3. The zero-order chi connectivity index (χ0) is 13.2. The monoisotopic (exact) mass is 334 g/mol. The fourth-order valence-electron chi connectivity index (χ4n) is 2.02. The molecule has 0 aliphatic carbocycles. The molecule has 4 heteroatoms. The lowest BCUT2D eigenvalue weighted by Gasteiger charge is -2.08. The molecule has 0 aliphatic heterocycles. The number of nitrogens with one attached hydrogen (secondary N) is 2. The zero-order valence-electron chi connectivity index (χ0n) is 10.1. The molecule has 0 saturated carbocycles. The first-order valence-electron chi connectivity index (χ1n) is 5.97. The lowest BCUT2D eigenvalue weighted by atomic mass is 10.1. The van der Waals surface area contributed by atoms with E-state index in [1.165, 1.54) is 10.9 Å². The Morgan fingerprint density at radius 1 is 1.11 bits per heavy atom. The predicted molar refractivity (Wildman–Crippen MR) is 84.8 cm³/mol. The molecule has 0 amide bonds. The number of fused-ring (bicyclic) bond motifs is 1. The number of aromatic amines is 1. The highest BCUT2D eigenvalue weighted by molar-refractivity contribution is 9.10. The summed E-state index contributed by atoms with van der Waals surface area (Å²) in [7, 11) is 0. The van der Waals surface area contributed by atoms with Crippen LogP contribution in [0.2, 0.25) is 5.02 Å². The Labute approximate surface area is 124 Å². The van der Waals surface area contributed by atoms with Crippen LogP contribution in [0.25, 0.3) is 10.9 Å². The van der Waals surface area contributed by atoms with E-state index in [-0.39, 0.29) is 0 Å². The molecule has 0 radical (unpaired) electrons. The predicted octanol–water partition coefficient (Wildman–Crippen LogP) is 5.20. The van der Waals surface area contributed by atoms with Gasteiger partial charge in [-0.2, -0.15) is 0 Å². The third-order valence-corrected chi connectivity index (χ3v) is 4.27. The largest absolute Gasteiger partial charge is 0.381 e. The highest BCUT2D eigenvalue weighted by Crippen LogP contribution is 2.26. The molecule has 2 aromatic carbocycles. The molecule has 0 saturated heterocycles. The molecular formula is C15H12BrClN2. The molecular weight excluding hydrogens is 324 g/mol. The molecule has 0 spiro atoms. The van der Waals surface area contributed by atoms with Crippen molar-refractivity contribution in [2.75, 3.05) is 5.32 Å². The van der Waals surface area contributed by atoms with Gasteiger partial charge in [-0.3, -0.25) is 0 Å². The first kappa shape index (κ1) is 12.6. The average molecular weight is 336 g/mol. The average Bonchev–Trinajstić information content (AvgIpc) is 2.87. The molecule has 0 fully saturated rings. The molecule has 1 aromatic heterocycles. The molecule has 2 N–H and O–H groups in total. The van der Waals surface area contributed by atoms with Gasteiger partial charge in [-0.05, 0) is 63.3 Å². The van der Waals surface area contributed by atoms with Crippen LogP contribution in [0.1, 0.15) is 5.56 Å². The van der Waals surface area contributed by atoms with Crippen molar-refractivity contribution in [1.82, 2.24) is 4.98 Å². The molecule has 0 aliphatic rings. The third-order valence-electron chi connectivity index (χ3n) is 3.03. The number of anilines is 1. The van der Waals surface area contributed by atoms with Gasteiger partial charge in [-0.25, -0.2) is 0 Å². The summed E-state index contributed by atoms with van der Waals surface area (Å²) in [4.78, 5) is 3.19. The minimum Gasteiger partial charge on any atom is -0.381 e. The van der Waals surface area contributed by atoms with Crippen LogP contribution < -0.4 is 5.32 Å². The third kappa shape index (κ3) is 2.77. The molecule has 3 aromatic rings. The van der Waals surface area contributed by atoms with Crippen molar-refractivity contribution in [3.63, 3.8) is 0 Å². The van der Waals surface area contributed by atoms with E-state index in [0.717, 1.165) is 22.2 Å². The lowest BCUT2D eigenvalue weighted by Crippen LogP contribution is -1.99. The number of hydrogen-bond acceptors (Lipinski definition) is 1. The maximum atomic E-state index is 6.07. The van der Waals surface area contributed by atoms with Crippen LogP contribution >= 0.6 is 27.5 Å². The van der Waals surface area contributed by atoms with Crippen molar-refractivity contribution in [2.45, 2.75) is 6.54 Å². The van der Waals surface area contributed by atoms with Gasteiger partial charge in [0.1, 0.15) is 0 Å². The van der Waals surface area contributed by atoms with E-state index in [4.69, 9.17) is 11.6 Å². The van der Waals surface area contributed by atoms with E-state index >= 15 is 0 Å². The Kier molecular flexibility index (Phi) is 3.49. The van der Waals surface area contributed by atoms with Gasteiger partial charge in [0, 0.05) is 28.4 Å². The van der Waals surface area contributed by atoms with E-state index in [1.54, 1.807) is 0 Å². The smallest absolute Gasteiger partial charge is 0.0568 e. The molecule has 19 heavy (non-hydrogen) atoms. The van der Waals surface area contributed by atoms with E-state index in [1.807, 2.05) is 24.4 Å². The molecule has 0 atom stereocenters. The van der Waals surface area contributed by atoms with Crippen LogP contribution in [0.3, 0.4) is 0 Å². The van der Waals surface area contributed by atoms with Gasteiger partial charge in [0.05, 0.1) is 5.02 Å².